The number of rotatable bonds is 5. The highest BCUT2D eigenvalue weighted by Crippen LogP contribution is 2.11. The summed E-state index contributed by atoms with van der Waals surface area (Å²) in [6.07, 6.45) is 1.45. The highest BCUT2D eigenvalue weighted by atomic mass is 35.5. The number of aromatic nitrogens is 3. The third kappa shape index (κ3) is 4.28. The minimum absolute atomic E-state index is 0.0579. The molecule has 0 aliphatic rings. The molecular weight excluding hydrogens is 296 g/mol. The van der Waals surface area contributed by atoms with Crippen molar-refractivity contribution in [1.29, 1.82) is 0 Å². The molecule has 2 aromatic rings. The number of carbonyl (C=O) groups is 2. The average molecular weight is 309 g/mol. The molecule has 1 aromatic carbocycles. The lowest BCUT2D eigenvalue weighted by atomic mass is 10.2. The summed E-state index contributed by atoms with van der Waals surface area (Å²) in [5.41, 5.74) is 0.444. The Morgan fingerprint density at radius 2 is 2.05 bits per heavy atom. The molecular formula is C13H13ClN4O3. The number of benzene rings is 1. The summed E-state index contributed by atoms with van der Waals surface area (Å²) >= 11 is 5.75. The van der Waals surface area contributed by atoms with Gasteiger partial charge in [-0.3, -0.25) is 9.59 Å². The van der Waals surface area contributed by atoms with Crippen LogP contribution < -0.4 is 5.32 Å². The third-order valence-corrected chi connectivity index (χ3v) is 2.74. The van der Waals surface area contributed by atoms with Gasteiger partial charge in [-0.15, -0.1) is 5.10 Å². The largest absolute Gasteiger partial charge is 0.465 e. The van der Waals surface area contributed by atoms with E-state index in [2.05, 4.69) is 15.6 Å². The number of halogens is 1. The standard InChI is InChI=1S/C13H13ClN4O3/c1-2-21-12(19)8-18-7-11(16-17-18)15-13(20)9-3-5-10(14)6-4-9/h3-7H,2,8H2,1H3,(H,15,20). The molecule has 0 aliphatic heterocycles. The first-order valence-electron chi connectivity index (χ1n) is 6.21. The lowest BCUT2D eigenvalue weighted by molar-refractivity contribution is -0.144. The summed E-state index contributed by atoms with van der Waals surface area (Å²) < 4.78 is 6.08. The fraction of sp³-hybridized carbons (Fsp3) is 0.231. The van der Waals surface area contributed by atoms with E-state index in [4.69, 9.17) is 16.3 Å². The number of nitrogens with zero attached hydrogens (tertiary/aromatic N) is 3. The maximum atomic E-state index is 11.9. The molecule has 0 aliphatic carbocycles. The Labute approximate surface area is 125 Å². The summed E-state index contributed by atoms with van der Waals surface area (Å²) in [5.74, 6) is -0.507. The Kier molecular flexibility index (Phi) is 4.89. The van der Waals surface area contributed by atoms with Crippen molar-refractivity contribution in [1.82, 2.24) is 15.0 Å². The molecule has 1 aromatic heterocycles. The topological polar surface area (TPSA) is 86.1 Å². The first-order chi connectivity index (χ1) is 10.1. The number of hydrogen-bond donors (Lipinski definition) is 1. The first-order valence-corrected chi connectivity index (χ1v) is 6.59. The van der Waals surface area contributed by atoms with Crippen LogP contribution in [-0.2, 0) is 16.1 Å². The Hall–Kier alpha value is -2.41. The Morgan fingerprint density at radius 3 is 2.71 bits per heavy atom. The van der Waals surface area contributed by atoms with Gasteiger partial charge in [-0.25, -0.2) is 4.68 Å². The second-order valence-corrected chi connectivity index (χ2v) is 4.50. The number of anilines is 1. The molecule has 1 heterocycles. The molecule has 110 valence electrons. The van der Waals surface area contributed by atoms with Gasteiger partial charge in [0.05, 0.1) is 12.8 Å². The van der Waals surface area contributed by atoms with E-state index < -0.39 is 5.97 Å². The molecule has 0 atom stereocenters. The van der Waals surface area contributed by atoms with Crippen molar-refractivity contribution in [3.63, 3.8) is 0 Å². The second kappa shape index (κ2) is 6.85. The maximum Gasteiger partial charge on any atom is 0.327 e. The van der Waals surface area contributed by atoms with Crippen LogP contribution in [-0.4, -0.2) is 33.5 Å². The van der Waals surface area contributed by atoms with Crippen LogP contribution >= 0.6 is 11.6 Å². The van der Waals surface area contributed by atoms with Crippen LogP contribution in [0.3, 0.4) is 0 Å². The van der Waals surface area contributed by atoms with Gasteiger partial charge in [0.15, 0.2) is 5.82 Å². The molecule has 0 saturated carbocycles. The summed E-state index contributed by atoms with van der Waals surface area (Å²) in [7, 11) is 0. The molecule has 2 rings (SSSR count). The van der Waals surface area contributed by atoms with Gasteiger partial charge in [-0.1, -0.05) is 16.8 Å². The third-order valence-electron chi connectivity index (χ3n) is 2.48. The van der Waals surface area contributed by atoms with E-state index in [1.54, 1.807) is 31.2 Å². The molecule has 0 fully saturated rings. The van der Waals surface area contributed by atoms with Crippen molar-refractivity contribution < 1.29 is 14.3 Å². The normalized spacial score (nSPS) is 10.2. The molecule has 1 N–H and O–H groups in total. The zero-order valence-corrected chi connectivity index (χ0v) is 12.0. The van der Waals surface area contributed by atoms with E-state index in [-0.39, 0.29) is 18.3 Å². The van der Waals surface area contributed by atoms with E-state index in [0.717, 1.165) is 0 Å². The molecule has 1 amide bonds. The van der Waals surface area contributed by atoms with Gasteiger partial charge in [0, 0.05) is 10.6 Å². The van der Waals surface area contributed by atoms with E-state index in [9.17, 15) is 9.59 Å². The van der Waals surface area contributed by atoms with Gasteiger partial charge < -0.3 is 10.1 Å². The van der Waals surface area contributed by atoms with Crippen molar-refractivity contribution in [3.05, 3.63) is 41.0 Å². The molecule has 0 spiro atoms. The van der Waals surface area contributed by atoms with E-state index in [1.165, 1.54) is 10.9 Å². The summed E-state index contributed by atoms with van der Waals surface area (Å²) in [6, 6.07) is 6.43. The van der Waals surface area contributed by atoms with Crippen molar-refractivity contribution in [2.75, 3.05) is 11.9 Å². The van der Waals surface area contributed by atoms with Crippen LogP contribution in [0.2, 0.25) is 5.02 Å². The molecule has 7 nitrogen and oxygen atoms in total. The van der Waals surface area contributed by atoms with Crippen LogP contribution in [0.1, 0.15) is 17.3 Å². The van der Waals surface area contributed by atoms with Crippen LogP contribution in [0, 0.1) is 0 Å². The van der Waals surface area contributed by atoms with E-state index in [1.807, 2.05) is 0 Å². The maximum absolute atomic E-state index is 11.9. The first kappa shape index (κ1) is 15.0. The average Bonchev–Trinajstić information content (AvgIpc) is 2.86. The predicted molar refractivity (Wildman–Crippen MR) is 76.1 cm³/mol. The molecule has 21 heavy (non-hydrogen) atoms. The zero-order chi connectivity index (χ0) is 15.2. The van der Waals surface area contributed by atoms with Crippen LogP contribution in [0.5, 0.6) is 0 Å². The van der Waals surface area contributed by atoms with Crippen molar-refractivity contribution in [2.45, 2.75) is 13.5 Å². The van der Waals surface area contributed by atoms with Gasteiger partial charge >= 0.3 is 5.97 Å². The van der Waals surface area contributed by atoms with E-state index in [0.29, 0.717) is 17.2 Å². The van der Waals surface area contributed by atoms with Gasteiger partial charge in [0.1, 0.15) is 6.54 Å². The molecule has 0 bridgehead atoms. The van der Waals surface area contributed by atoms with Gasteiger partial charge in [0.2, 0.25) is 0 Å². The number of carbonyl (C=O) groups excluding carboxylic acids is 2. The minimum Gasteiger partial charge on any atom is -0.465 e. The zero-order valence-electron chi connectivity index (χ0n) is 11.2. The Bertz CT molecular complexity index is 639. The minimum atomic E-state index is -0.419. The highest BCUT2D eigenvalue weighted by molar-refractivity contribution is 6.30. The van der Waals surface area contributed by atoms with Crippen molar-refractivity contribution in [2.24, 2.45) is 0 Å². The Balaban J connectivity index is 1.97. The summed E-state index contributed by atoms with van der Waals surface area (Å²) in [4.78, 5) is 23.2. The lowest BCUT2D eigenvalue weighted by Crippen LogP contribution is -2.14. The fourth-order valence-electron chi connectivity index (χ4n) is 1.56. The van der Waals surface area contributed by atoms with Gasteiger partial charge in [-0.05, 0) is 31.2 Å². The van der Waals surface area contributed by atoms with Crippen molar-refractivity contribution >= 4 is 29.3 Å². The number of esters is 1. The van der Waals surface area contributed by atoms with Crippen LogP contribution in [0.4, 0.5) is 5.82 Å². The quantitative estimate of drug-likeness (QED) is 0.850. The Morgan fingerprint density at radius 1 is 1.33 bits per heavy atom. The number of amides is 1. The number of hydrogen-bond acceptors (Lipinski definition) is 5. The molecule has 0 saturated heterocycles. The van der Waals surface area contributed by atoms with E-state index >= 15 is 0 Å². The summed E-state index contributed by atoms with van der Waals surface area (Å²) in [5, 5.41) is 10.6. The smallest absolute Gasteiger partial charge is 0.327 e. The van der Waals surface area contributed by atoms with Crippen LogP contribution in [0.15, 0.2) is 30.5 Å². The number of ether oxygens (including phenoxy) is 1. The van der Waals surface area contributed by atoms with Gasteiger partial charge in [-0.2, -0.15) is 0 Å². The second-order valence-electron chi connectivity index (χ2n) is 4.07. The fourth-order valence-corrected chi connectivity index (χ4v) is 1.69. The number of nitrogens with one attached hydrogen (secondary N) is 1. The molecule has 0 unspecified atom stereocenters. The monoisotopic (exact) mass is 308 g/mol. The SMILES string of the molecule is CCOC(=O)Cn1cc(NC(=O)c2ccc(Cl)cc2)nn1. The van der Waals surface area contributed by atoms with Crippen molar-refractivity contribution in [3.8, 4) is 0 Å². The van der Waals surface area contributed by atoms with Gasteiger partial charge in [0.25, 0.3) is 5.91 Å². The van der Waals surface area contributed by atoms with Crippen LogP contribution in [0.25, 0.3) is 0 Å². The lowest BCUT2D eigenvalue weighted by Gasteiger charge is -2.01. The summed E-state index contributed by atoms with van der Waals surface area (Å²) in [6.45, 7) is 1.96. The molecule has 8 heteroatoms. The molecule has 0 radical (unpaired) electrons. The highest BCUT2D eigenvalue weighted by Gasteiger charge is 2.10. The predicted octanol–water partition coefficient (Wildman–Crippen LogP) is 1.75.